The third kappa shape index (κ3) is 6.15. The van der Waals surface area contributed by atoms with E-state index in [2.05, 4.69) is 5.32 Å². The lowest BCUT2D eigenvalue weighted by Crippen LogP contribution is -2.36. The number of carboxylic acid groups (broad SMARTS) is 1. The van der Waals surface area contributed by atoms with Crippen molar-refractivity contribution in [2.75, 3.05) is 13.7 Å². The number of aromatic carboxylic acids is 1. The fourth-order valence-electron chi connectivity index (χ4n) is 4.13. The quantitative estimate of drug-likeness (QED) is 0.389. The van der Waals surface area contributed by atoms with E-state index in [0.717, 1.165) is 22.0 Å². The van der Waals surface area contributed by atoms with E-state index in [-0.39, 0.29) is 17.5 Å². The number of carbonyl (C=O) groups is 2. The van der Waals surface area contributed by atoms with Crippen LogP contribution in [0, 0.1) is 5.92 Å². The lowest BCUT2D eigenvalue weighted by atomic mass is 10.00. The van der Waals surface area contributed by atoms with Gasteiger partial charge in [0.15, 0.2) is 0 Å². The summed E-state index contributed by atoms with van der Waals surface area (Å²) >= 11 is 0. The number of aryl methyl sites for hydroxylation is 1. The zero-order valence-corrected chi connectivity index (χ0v) is 19.9. The Morgan fingerprint density at radius 3 is 2.46 bits per heavy atom. The molecule has 2 aromatic carbocycles. The maximum Gasteiger partial charge on any atom is 0.393 e. The third-order valence-corrected chi connectivity index (χ3v) is 6.13. The van der Waals surface area contributed by atoms with Crippen molar-refractivity contribution in [2.24, 2.45) is 13.0 Å². The van der Waals surface area contributed by atoms with E-state index in [1.165, 1.54) is 19.2 Å². The van der Waals surface area contributed by atoms with Gasteiger partial charge in [0, 0.05) is 42.7 Å². The molecule has 0 saturated heterocycles. The number of ether oxygens (including phenoxy) is 1. The van der Waals surface area contributed by atoms with Crippen LogP contribution in [-0.2, 0) is 13.5 Å². The van der Waals surface area contributed by atoms with Gasteiger partial charge in [0.2, 0.25) is 0 Å². The Bertz CT molecular complexity index is 1220. The van der Waals surface area contributed by atoms with Crippen molar-refractivity contribution in [3.63, 3.8) is 0 Å². The summed E-state index contributed by atoms with van der Waals surface area (Å²) in [6.45, 7) is 1.37. The lowest BCUT2D eigenvalue weighted by molar-refractivity contribution is -0.174. The van der Waals surface area contributed by atoms with E-state index >= 15 is 0 Å². The molecule has 2 N–H and O–H groups in total. The second-order valence-corrected chi connectivity index (χ2v) is 8.60. The van der Waals surface area contributed by atoms with Crippen LogP contribution < -0.4 is 10.1 Å². The Kier molecular flexibility index (Phi) is 8.09. The second-order valence-electron chi connectivity index (χ2n) is 8.60. The number of rotatable bonds is 10. The number of fused-ring (bicyclic) bond motifs is 1. The molecule has 9 heteroatoms. The van der Waals surface area contributed by atoms with Gasteiger partial charge in [0.25, 0.3) is 5.91 Å². The predicted molar refractivity (Wildman–Crippen MR) is 127 cm³/mol. The van der Waals surface area contributed by atoms with Crippen molar-refractivity contribution >= 4 is 22.8 Å². The molecule has 0 aliphatic carbocycles. The van der Waals surface area contributed by atoms with E-state index in [9.17, 15) is 27.9 Å². The Hall–Kier alpha value is -3.49. The van der Waals surface area contributed by atoms with E-state index in [0.29, 0.717) is 25.0 Å². The largest absolute Gasteiger partial charge is 0.496 e. The number of methoxy groups -OCH3 is 1. The molecule has 1 aromatic heterocycles. The van der Waals surface area contributed by atoms with Crippen LogP contribution in [0.2, 0.25) is 0 Å². The Balaban J connectivity index is 1.85. The predicted octanol–water partition coefficient (Wildman–Crippen LogP) is 5.57. The number of aromatic nitrogens is 1. The van der Waals surface area contributed by atoms with Crippen LogP contribution in [0.5, 0.6) is 5.75 Å². The van der Waals surface area contributed by atoms with Crippen LogP contribution >= 0.6 is 0 Å². The first-order chi connectivity index (χ1) is 16.5. The van der Waals surface area contributed by atoms with E-state index in [4.69, 9.17) is 4.74 Å². The summed E-state index contributed by atoms with van der Waals surface area (Å²) in [6.07, 6.45) is -0.979. The third-order valence-electron chi connectivity index (χ3n) is 6.13. The average Bonchev–Trinajstić information content (AvgIpc) is 3.12. The van der Waals surface area contributed by atoms with Crippen molar-refractivity contribution in [1.82, 2.24) is 9.88 Å². The minimum absolute atomic E-state index is 0.0232. The summed E-state index contributed by atoms with van der Waals surface area (Å²) in [4.78, 5) is 24.0. The number of benzene rings is 2. The van der Waals surface area contributed by atoms with Crippen molar-refractivity contribution in [3.05, 3.63) is 64.8 Å². The molecule has 1 heterocycles. The molecule has 0 saturated carbocycles. The second kappa shape index (κ2) is 10.8. The van der Waals surface area contributed by atoms with E-state index in [1.54, 1.807) is 24.3 Å². The molecule has 0 aliphatic rings. The molecule has 3 rings (SSSR count). The van der Waals surface area contributed by atoms with Crippen molar-refractivity contribution < 1.29 is 32.6 Å². The average molecular weight is 491 g/mol. The van der Waals surface area contributed by atoms with Crippen LogP contribution in [0.1, 0.15) is 58.0 Å². The highest BCUT2D eigenvalue weighted by Crippen LogP contribution is 2.31. The number of unbranched alkanes of at least 4 members (excludes halogenated alkanes) is 1. The molecule has 3 aromatic rings. The van der Waals surface area contributed by atoms with Crippen LogP contribution in [0.25, 0.3) is 10.9 Å². The van der Waals surface area contributed by atoms with E-state index < -0.39 is 30.5 Å². The molecule has 0 fully saturated rings. The lowest BCUT2D eigenvalue weighted by Gasteiger charge is -2.20. The first-order valence-electron chi connectivity index (χ1n) is 11.4. The topological polar surface area (TPSA) is 80.6 Å². The monoisotopic (exact) mass is 490 g/mol. The van der Waals surface area contributed by atoms with Gasteiger partial charge in [-0.05, 0) is 47.9 Å². The molecule has 188 valence electrons. The zero-order valence-electron chi connectivity index (χ0n) is 19.9. The van der Waals surface area contributed by atoms with Crippen molar-refractivity contribution in [2.45, 2.75) is 38.8 Å². The van der Waals surface area contributed by atoms with Crippen LogP contribution in [0.3, 0.4) is 0 Å². The van der Waals surface area contributed by atoms with E-state index in [1.807, 2.05) is 24.7 Å². The minimum atomic E-state index is -4.37. The first kappa shape index (κ1) is 26.1. The number of halogens is 3. The number of carboxylic acids is 1. The number of amides is 1. The molecule has 0 spiro atoms. The molecule has 0 aliphatic heterocycles. The minimum Gasteiger partial charge on any atom is -0.496 e. The fourth-order valence-corrected chi connectivity index (χ4v) is 4.13. The number of alkyl halides is 3. The molecule has 0 radical (unpaired) electrons. The summed E-state index contributed by atoms with van der Waals surface area (Å²) in [5.74, 6) is -2.77. The van der Waals surface area contributed by atoms with Gasteiger partial charge in [-0.3, -0.25) is 4.79 Å². The van der Waals surface area contributed by atoms with Crippen LogP contribution in [0.4, 0.5) is 13.2 Å². The van der Waals surface area contributed by atoms with Gasteiger partial charge in [0.05, 0.1) is 18.6 Å². The standard InChI is InChI=1S/C26H29F3N2O4/c1-4-5-6-20(26(27,28)29)14-30-24(32)17-9-10-22-21(12-17)19(15-31(22)2)11-16-7-8-18(25(33)34)13-23(16)35-3/h7-10,12-13,15,20H,4-6,11,14H2,1-3H3,(H,30,32)(H,33,34). The van der Waals surface area contributed by atoms with Gasteiger partial charge in [-0.2, -0.15) is 13.2 Å². The van der Waals surface area contributed by atoms with Crippen molar-refractivity contribution in [3.8, 4) is 5.75 Å². The molecule has 35 heavy (non-hydrogen) atoms. The summed E-state index contributed by atoms with van der Waals surface area (Å²) in [5.41, 5.74) is 2.88. The van der Waals surface area contributed by atoms with Crippen molar-refractivity contribution in [1.29, 1.82) is 0 Å². The van der Waals surface area contributed by atoms with Crippen LogP contribution in [0.15, 0.2) is 42.6 Å². The first-order valence-corrected chi connectivity index (χ1v) is 11.4. The number of nitrogens with zero attached hydrogens (tertiary/aromatic N) is 1. The molecule has 6 nitrogen and oxygen atoms in total. The van der Waals surface area contributed by atoms with Gasteiger partial charge in [-0.1, -0.05) is 25.8 Å². The van der Waals surface area contributed by atoms with Gasteiger partial charge in [-0.15, -0.1) is 0 Å². The summed E-state index contributed by atoms with van der Waals surface area (Å²) in [7, 11) is 3.32. The summed E-state index contributed by atoms with van der Waals surface area (Å²) in [6, 6.07) is 9.67. The SMILES string of the molecule is CCCCC(CNC(=O)c1ccc2c(c1)c(Cc1ccc(C(=O)O)cc1OC)cn2C)C(F)(F)F. The zero-order chi connectivity index (χ0) is 25.8. The van der Waals surface area contributed by atoms with Gasteiger partial charge < -0.3 is 19.7 Å². The van der Waals surface area contributed by atoms with Gasteiger partial charge >= 0.3 is 12.1 Å². The fraction of sp³-hybridized carbons (Fsp3) is 0.385. The highest BCUT2D eigenvalue weighted by atomic mass is 19.4. The molecule has 1 amide bonds. The normalized spacial score (nSPS) is 12.5. The number of hydrogen-bond acceptors (Lipinski definition) is 3. The molecule has 1 unspecified atom stereocenters. The van der Waals surface area contributed by atoms with Crippen LogP contribution in [-0.4, -0.2) is 41.4 Å². The highest BCUT2D eigenvalue weighted by molar-refractivity contribution is 5.99. The summed E-state index contributed by atoms with van der Waals surface area (Å²) in [5, 5.41) is 12.4. The Morgan fingerprint density at radius 2 is 1.83 bits per heavy atom. The number of nitrogens with one attached hydrogen (secondary N) is 1. The maximum atomic E-state index is 13.3. The van der Waals surface area contributed by atoms with Gasteiger partial charge in [0.1, 0.15) is 5.75 Å². The Labute approximate surface area is 201 Å². The molecular weight excluding hydrogens is 461 g/mol. The number of carbonyl (C=O) groups excluding carboxylic acids is 1. The van der Waals surface area contributed by atoms with Gasteiger partial charge in [-0.25, -0.2) is 4.79 Å². The molecule has 0 bridgehead atoms. The smallest absolute Gasteiger partial charge is 0.393 e. The molecule has 1 atom stereocenters. The maximum absolute atomic E-state index is 13.3. The summed E-state index contributed by atoms with van der Waals surface area (Å²) < 4.78 is 47.2. The highest BCUT2D eigenvalue weighted by Gasteiger charge is 2.38. The molecular formula is C26H29F3N2O4. The number of hydrogen-bond donors (Lipinski definition) is 2. The Morgan fingerprint density at radius 1 is 1.11 bits per heavy atom.